The van der Waals surface area contributed by atoms with Crippen LogP contribution in [0.25, 0.3) is 0 Å². The number of hydrogen-bond acceptors (Lipinski definition) is 5. The monoisotopic (exact) mass is 341 g/mol. The summed E-state index contributed by atoms with van der Waals surface area (Å²) < 4.78 is 47.7. The summed E-state index contributed by atoms with van der Waals surface area (Å²) in [4.78, 5) is 11.4. The number of amides is 2. The van der Waals surface area contributed by atoms with Crippen molar-refractivity contribution in [2.24, 2.45) is 0 Å². The molecular weight excluding hydrogens is 318 g/mol. The summed E-state index contributed by atoms with van der Waals surface area (Å²) in [6, 6.07) is -0.937. The highest BCUT2D eigenvalue weighted by molar-refractivity contribution is 7.92. The molecule has 1 saturated heterocycles. The minimum atomic E-state index is -3.52. The standard InChI is InChI=1S/C11H23N3O5S2/c1-9(2)13-11(15)12-5-6-14(20(3,16)17)10-4-7-21(18,19)8-10/h9-10H,4-8H2,1-3H3,(H2,12,13,15). The molecule has 8 nitrogen and oxygen atoms in total. The molecule has 1 fully saturated rings. The van der Waals surface area contributed by atoms with Gasteiger partial charge in [-0.2, -0.15) is 4.31 Å². The lowest BCUT2D eigenvalue weighted by Gasteiger charge is -2.25. The molecule has 0 bridgehead atoms. The number of nitrogens with one attached hydrogen (secondary N) is 2. The molecule has 1 unspecified atom stereocenters. The number of carbonyl (C=O) groups is 1. The number of sulfone groups is 1. The van der Waals surface area contributed by atoms with Crippen LogP contribution in [0.5, 0.6) is 0 Å². The Hall–Kier alpha value is -0.870. The van der Waals surface area contributed by atoms with E-state index in [-0.39, 0.29) is 36.7 Å². The van der Waals surface area contributed by atoms with Crippen molar-refractivity contribution in [1.29, 1.82) is 0 Å². The summed E-state index contributed by atoms with van der Waals surface area (Å²) in [5.74, 6) is -0.150. The van der Waals surface area contributed by atoms with Gasteiger partial charge in [-0.15, -0.1) is 0 Å². The molecule has 1 atom stereocenters. The lowest BCUT2D eigenvalue weighted by Crippen LogP contribution is -2.47. The number of sulfonamides is 1. The van der Waals surface area contributed by atoms with E-state index in [0.717, 1.165) is 10.6 Å². The smallest absolute Gasteiger partial charge is 0.315 e. The lowest BCUT2D eigenvalue weighted by molar-refractivity contribution is 0.236. The highest BCUT2D eigenvalue weighted by Gasteiger charge is 2.36. The van der Waals surface area contributed by atoms with Crippen molar-refractivity contribution >= 4 is 25.9 Å². The molecule has 1 aliphatic heterocycles. The van der Waals surface area contributed by atoms with Crippen LogP contribution in [-0.4, -0.2) is 70.1 Å². The predicted molar refractivity (Wildman–Crippen MR) is 80.3 cm³/mol. The van der Waals surface area contributed by atoms with Crippen LogP contribution in [0.4, 0.5) is 4.79 Å². The molecule has 1 heterocycles. The third-order valence-electron chi connectivity index (χ3n) is 3.08. The molecule has 0 aromatic carbocycles. The van der Waals surface area contributed by atoms with E-state index < -0.39 is 25.9 Å². The van der Waals surface area contributed by atoms with E-state index in [1.165, 1.54) is 0 Å². The third kappa shape index (κ3) is 6.18. The first-order chi connectivity index (χ1) is 9.51. The van der Waals surface area contributed by atoms with Crippen LogP contribution in [0.2, 0.25) is 0 Å². The molecule has 1 rings (SSSR count). The molecule has 0 aliphatic carbocycles. The topological polar surface area (TPSA) is 113 Å². The Kier molecular flexibility index (Phi) is 6.00. The molecule has 1 aliphatic rings. The summed E-state index contributed by atoms with van der Waals surface area (Å²) in [5, 5.41) is 5.18. The zero-order chi connectivity index (χ0) is 16.3. The SMILES string of the molecule is CC(C)NC(=O)NCCN(C1CCS(=O)(=O)C1)S(C)(=O)=O. The molecule has 0 spiro atoms. The molecule has 124 valence electrons. The molecule has 0 saturated carbocycles. The van der Waals surface area contributed by atoms with E-state index in [4.69, 9.17) is 0 Å². The summed E-state index contributed by atoms with van der Waals surface area (Å²) in [6.07, 6.45) is 1.35. The van der Waals surface area contributed by atoms with Gasteiger partial charge in [0.1, 0.15) is 0 Å². The van der Waals surface area contributed by atoms with Crippen LogP contribution >= 0.6 is 0 Å². The van der Waals surface area contributed by atoms with Crippen molar-refractivity contribution in [3.05, 3.63) is 0 Å². The lowest BCUT2D eigenvalue weighted by atomic mass is 10.2. The highest BCUT2D eigenvalue weighted by Crippen LogP contribution is 2.19. The van der Waals surface area contributed by atoms with Crippen molar-refractivity contribution in [2.45, 2.75) is 32.4 Å². The fourth-order valence-electron chi connectivity index (χ4n) is 2.21. The average molecular weight is 341 g/mol. The zero-order valence-electron chi connectivity index (χ0n) is 12.5. The van der Waals surface area contributed by atoms with Crippen LogP contribution in [0.1, 0.15) is 20.3 Å². The maximum Gasteiger partial charge on any atom is 0.315 e. The van der Waals surface area contributed by atoms with Gasteiger partial charge in [-0.25, -0.2) is 21.6 Å². The summed E-state index contributed by atoms with van der Waals surface area (Å²) in [6.45, 7) is 3.81. The molecule has 2 amide bonds. The van der Waals surface area contributed by atoms with E-state index in [1.54, 1.807) is 0 Å². The largest absolute Gasteiger partial charge is 0.337 e. The van der Waals surface area contributed by atoms with Crippen LogP contribution in [0.15, 0.2) is 0 Å². The Morgan fingerprint density at radius 1 is 1.38 bits per heavy atom. The van der Waals surface area contributed by atoms with Gasteiger partial charge < -0.3 is 10.6 Å². The van der Waals surface area contributed by atoms with Gasteiger partial charge in [0.25, 0.3) is 0 Å². The van der Waals surface area contributed by atoms with Gasteiger partial charge in [0.05, 0.1) is 17.8 Å². The Morgan fingerprint density at radius 3 is 2.43 bits per heavy atom. The molecule has 0 aromatic rings. The van der Waals surface area contributed by atoms with Crippen molar-refractivity contribution in [1.82, 2.24) is 14.9 Å². The minimum Gasteiger partial charge on any atom is -0.337 e. The van der Waals surface area contributed by atoms with E-state index in [2.05, 4.69) is 10.6 Å². The summed E-state index contributed by atoms with van der Waals surface area (Å²) in [7, 11) is -6.69. The van der Waals surface area contributed by atoms with Crippen molar-refractivity contribution in [2.75, 3.05) is 30.9 Å². The van der Waals surface area contributed by atoms with Crippen LogP contribution in [0, 0.1) is 0 Å². The number of rotatable bonds is 6. The Balaban J connectivity index is 2.59. The fraction of sp³-hybridized carbons (Fsp3) is 0.909. The zero-order valence-corrected chi connectivity index (χ0v) is 14.1. The van der Waals surface area contributed by atoms with E-state index in [1.807, 2.05) is 13.8 Å². The second-order valence-corrected chi connectivity index (χ2v) is 9.65. The maximum absolute atomic E-state index is 11.8. The van der Waals surface area contributed by atoms with Crippen LogP contribution < -0.4 is 10.6 Å². The highest BCUT2D eigenvalue weighted by atomic mass is 32.2. The summed E-state index contributed by atoms with van der Waals surface area (Å²) in [5.41, 5.74) is 0. The van der Waals surface area contributed by atoms with Crippen molar-refractivity contribution < 1.29 is 21.6 Å². The molecule has 2 N–H and O–H groups in total. The minimum absolute atomic E-state index is 0.00491. The molecule has 10 heteroatoms. The average Bonchev–Trinajstić information content (AvgIpc) is 2.62. The Bertz CT molecular complexity index is 571. The Morgan fingerprint density at radius 2 is 2.00 bits per heavy atom. The number of urea groups is 1. The number of nitrogens with zero attached hydrogens (tertiary/aromatic N) is 1. The maximum atomic E-state index is 11.8. The fourth-order valence-corrected chi connectivity index (χ4v) is 5.18. The van der Waals surface area contributed by atoms with Crippen molar-refractivity contribution in [3.63, 3.8) is 0 Å². The molecule has 0 radical (unpaired) electrons. The van der Waals surface area contributed by atoms with Crippen LogP contribution in [0.3, 0.4) is 0 Å². The normalized spacial score (nSPS) is 21.7. The number of carbonyl (C=O) groups excluding carboxylic acids is 1. The van der Waals surface area contributed by atoms with E-state index in [0.29, 0.717) is 6.42 Å². The summed E-state index contributed by atoms with van der Waals surface area (Å²) >= 11 is 0. The first-order valence-electron chi connectivity index (χ1n) is 6.73. The van der Waals surface area contributed by atoms with Crippen molar-refractivity contribution in [3.8, 4) is 0 Å². The quantitative estimate of drug-likeness (QED) is 0.653. The van der Waals surface area contributed by atoms with Gasteiger partial charge in [0, 0.05) is 25.2 Å². The van der Waals surface area contributed by atoms with Gasteiger partial charge in [-0.1, -0.05) is 0 Å². The van der Waals surface area contributed by atoms with Crippen LogP contribution in [-0.2, 0) is 19.9 Å². The predicted octanol–water partition coefficient (Wildman–Crippen LogP) is -0.857. The van der Waals surface area contributed by atoms with Gasteiger partial charge >= 0.3 is 6.03 Å². The van der Waals surface area contributed by atoms with E-state index >= 15 is 0 Å². The Labute approximate surface area is 126 Å². The first kappa shape index (κ1) is 18.2. The first-order valence-corrected chi connectivity index (χ1v) is 10.4. The van der Waals surface area contributed by atoms with Gasteiger partial charge in [0.15, 0.2) is 9.84 Å². The molecular formula is C11H23N3O5S2. The van der Waals surface area contributed by atoms with Gasteiger partial charge in [0.2, 0.25) is 10.0 Å². The van der Waals surface area contributed by atoms with Gasteiger partial charge in [-0.3, -0.25) is 0 Å². The van der Waals surface area contributed by atoms with Gasteiger partial charge in [-0.05, 0) is 20.3 Å². The second-order valence-electron chi connectivity index (χ2n) is 5.49. The third-order valence-corrected chi connectivity index (χ3v) is 6.16. The molecule has 21 heavy (non-hydrogen) atoms. The second kappa shape index (κ2) is 6.93. The number of hydrogen-bond donors (Lipinski definition) is 2. The van der Waals surface area contributed by atoms with E-state index in [9.17, 15) is 21.6 Å². The molecule has 0 aromatic heterocycles.